The van der Waals surface area contributed by atoms with Gasteiger partial charge in [-0.1, -0.05) is 76.1 Å². The molecule has 0 N–H and O–H groups in total. The Balaban J connectivity index is 2.25. The van der Waals surface area contributed by atoms with E-state index in [9.17, 15) is 0 Å². The molecule has 0 aliphatic heterocycles. The molecule has 0 saturated carbocycles. The molecule has 0 heterocycles. The van der Waals surface area contributed by atoms with Crippen molar-refractivity contribution in [1.29, 1.82) is 0 Å². The second-order valence-electron chi connectivity index (χ2n) is 5.72. The highest BCUT2D eigenvalue weighted by atomic mass is 79.9. The van der Waals surface area contributed by atoms with Crippen molar-refractivity contribution in [1.82, 2.24) is 0 Å². The van der Waals surface area contributed by atoms with Crippen LogP contribution in [0.4, 0.5) is 0 Å². The van der Waals surface area contributed by atoms with Crippen LogP contribution in [-0.4, -0.2) is 0 Å². The van der Waals surface area contributed by atoms with Gasteiger partial charge in [0.15, 0.2) is 0 Å². The van der Waals surface area contributed by atoms with Crippen LogP contribution in [0.15, 0.2) is 71.2 Å². The molecule has 0 spiro atoms. The summed E-state index contributed by atoms with van der Waals surface area (Å²) in [7, 11) is 0. The highest BCUT2D eigenvalue weighted by Gasteiger charge is 2.15. The van der Waals surface area contributed by atoms with Gasteiger partial charge in [0.2, 0.25) is 0 Å². The molecule has 2 heteroatoms. The Hall–Kier alpha value is -1.83. The van der Waals surface area contributed by atoms with E-state index in [2.05, 4.69) is 71.4 Å². The zero-order chi connectivity index (χ0) is 16.0. The summed E-state index contributed by atoms with van der Waals surface area (Å²) >= 11 is 9.96. The molecule has 0 radical (unpaired) electrons. The maximum atomic E-state index is 6.27. The first kappa shape index (κ1) is 14.7. The van der Waals surface area contributed by atoms with Crippen LogP contribution in [0.1, 0.15) is 5.56 Å². The fraction of sp³-hybridized carbons (Fsp3) is 0.0476. The standard InChI is InChI=1S/C21H14BrCl/c1-13-15-6-2-3-7-16(15)17-8-4-5-9-18(17)21(13)19-12-14(23)10-11-20(19)22/h2-12H,1H3. The van der Waals surface area contributed by atoms with E-state index in [-0.39, 0.29) is 0 Å². The van der Waals surface area contributed by atoms with Gasteiger partial charge < -0.3 is 0 Å². The summed E-state index contributed by atoms with van der Waals surface area (Å²) in [6, 6.07) is 23.1. The predicted molar refractivity (Wildman–Crippen MR) is 104 cm³/mol. The SMILES string of the molecule is Cc1c(-c2cc(Cl)ccc2Br)c2ccccc2c2ccccc12. The molecule has 0 atom stereocenters. The molecule has 112 valence electrons. The molecule has 0 bridgehead atoms. The molecule has 0 nitrogen and oxygen atoms in total. The molecular weight excluding hydrogens is 368 g/mol. The number of aryl methyl sites for hydroxylation is 1. The van der Waals surface area contributed by atoms with Crippen LogP contribution in [-0.2, 0) is 0 Å². The van der Waals surface area contributed by atoms with E-state index in [0.29, 0.717) is 0 Å². The summed E-state index contributed by atoms with van der Waals surface area (Å²) in [6.45, 7) is 2.19. The molecule has 4 rings (SSSR count). The zero-order valence-electron chi connectivity index (χ0n) is 12.6. The van der Waals surface area contributed by atoms with Crippen molar-refractivity contribution < 1.29 is 0 Å². The molecule has 0 unspecified atom stereocenters. The van der Waals surface area contributed by atoms with Crippen molar-refractivity contribution in [2.24, 2.45) is 0 Å². The van der Waals surface area contributed by atoms with Gasteiger partial charge in [-0.2, -0.15) is 0 Å². The van der Waals surface area contributed by atoms with E-state index in [1.807, 2.05) is 18.2 Å². The van der Waals surface area contributed by atoms with Crippen LogP contribution in [0.3, 0.4) is 0 Å². The lowest BCUT2D eigenvalue weighted by molar-refractivity contribution is 1.51. The quantitative estimate of drug-likeness (QED) is 0.302. The van der Waals surface area contributed by atoms with E-state index in [0.717, 1.165) is 15.1 Å². The van der Waals surface area contributed by atoms with Crippen molar-refractivity contribution >= 4 is 49.1 Å². The molecule has 0 amide bonds. The Kier molecular flexibility index (Phi) is 3.63. The summed E-state index contributed by atoms with van der Waals surface area (Å²) < 4.78 is 1.06. The predicted octanol–water partition coefficient (Wildman–Crippen LogP) is 7.38. The van der Waals surface area contributed by atoms with E-state index < -0.39 is 0 Å². The number of hydrogen-bond donors (Lipinski definition) is 0. The van der Waals surface area contributed by atoms with Gasteiger partial charge >= 0.3 is 0 Å². The van der Waals surface area contributed by atoms with Crippen LogP contribution in [0.2, 0.25) is 5.02 Å². The largest absolute Gasteiger partial charge is 0.0843 e. The van der Waals surface area contributed by atoms with E-state index in [4.69, 9.17) is 11.6 Å². The molecular formula is C21H14BrCl. The van der Waals surface area contributed by atoms with Crippen LogP contribution < -0.4 is 0 Å². The van der Waals surface area contributed by atoms with Gasteiger partial charge in [-0.3, -0.25) is 0 Å². The van der Waals surface area contributed by atoms with Crippen LogP contribution in [0, 0.1) is 6.92 Å². The lowest BCUT2D eigenvalue weighted by Gasteiger charge is -2.16. The number of fused-ring (bicyclic) bond motifs is 3. The average Bonchev–Trinajstić information content (AvgIpc) is 2.58. The van der Waals surface area contributed by atoms with Gasteiger partial charge in [0, 0.05) is 9.50 Å². The molecule has 0 fully saturated rings. The first-order valence-electron chi connectivity index (χ1n) is 7.52. The first-order valence-corrected chi connectivity index (χ1v) is 8.69. The lowest BCUT2D eigenvalue weighted by atomic mass is 9.89. The number of benzene rings is 4. The minimum absolute atomic E-state index is 0.750. The molecule has 4 aromatic rings. The average molecular weight is 382 g/mol. The Morgan fingerprint density at radius 3 is 2.00 bits per heavy atom. The van der Waals surface area contributed by atoms with Gasteiger partial charge in [-0.15, -0.1) is 0 Å². The number of hydrogen-bond acceptors (Lipinski definition) is 0. The number of halogens is 2. The highest BCUT2D eigenvalue weighted by Crippen LogP contribution is 2.41. The number of rotatable bonds is 1. The van der Waals surface area contributed by atoms with Crippen LogP contribution in [0.25, 0.3) is 32.7 Å². The van der Waals surface area contributed by atoms with E-state index in [1.165, 1.54) is 32.7 Å². The monoisotopic (exact) mass is 380 g/mol. The third-order valence-electron chi connectivity index (χ3n) is 4.39. The molecule has 0 saturated heterocycles. The summed E-state index contributed by atoms with van der Waals surface area (Å²) in [5.41, 5.74) is 3.66. The maximum Gasteiger partial charge on any atom is 0.0412 e. The molecule has 0 aliphatic carbocycles. The van der Waals surface area contributed by atoms with Crippen molar-refractivity contribution in [2.45, 2.75) is 6.92 Å². The topological polar surface area (TPSA) is 0 Å². The highest BCUT2D eigenvalue weighted by molar-refractivity contribution is 9.10. The maximum absolute atomic E-state index is 6.27. The van der Waals surface area contributed by atoms with Gasteiger partial charge in [-0.25, -0.2) is 0 Å². The normalized spacial score (nSPS) is 11.3. The van der Waals surface area contributed by atoms with Crippen molar-refractivity contribution in [3.05, 3.63) is 81.8 Å². The molecule has 0 aromatic heterocycles. The van der Waals surface area contributed by atoms with Crippen molar-refractivity contribution in [3.8, 4) is 11.1 Å². The van der Waals surface area contributed by atoms with Gasteiger partial charge in [-0.05, 0) is 63.4 Å². The van der Waals surface area contributed by atoms with Crippen LogP contribution >= 0.6 is 27.5 Å². The Morgan fingerprint density at radius 1 is 0.739 bits per heavy atom. The smallest absolute Gasteiger partial charge is 0.0412 e. The Morgan fingerprint density at radius 2 is 1.30 bits per heavy atom. The first-order chi connectivity index (χ1) is 11.2. The van der Waals surface area contributed by atoms with E-state index in [1.54, 1.807) is 0 Å². The van der Waals surface area contributed by atoms with Crippen molar-refractivity contribution in [3.63, 3.8) is 0 Å². The van der Waals surface area contributed by atoms with Gasteiger partial charge in [0.1, 0.15) is 0 Å². The Labute approximate surface area is 148 Å². The summed E-state index contributed by atoms with van der Waals surface area (Å²) in [5.74, 6) is 0. The van der Waals surface area contributed by atoms with E-state index >= 15 is 0 Å². The third-order valence-corrected chi connectivity index (χ3v) is 5.32. The van der Waals surface area contributed by atoms with Gasteiger partial charge in [0.05, 0.1) is 0 Å². The second kappa shape index (κ2) is 5.67. The Bertz CT molecular complexity index is 1050. The summed E-state index contributed by atoms with van der Waals surface area (Å²) in [4.78, 5) is 0. The molecule has 23 heavy (non-hydrogen) atoms. The minimum Gasteiger partial charge on any atom is -0.0843 e. The molecule has 4 aromatic carbocycles. The van der Waals surface area contributed by atoms with Gasteiger partial charge in [0.25, 0.3) is 0 Å². The minimum atomic E-state index is 0.750. The lowest BCUT2D eigenvalue weighted by Crippen LogP contribution is -1.91. The van der Waals surface area contributed by atoms with Crippen LogP contribution in [0.5, 0.6) is 0 Å². The summed E-state index contributed by atoms with van der Waals surface area (Å²) in [5, 5.41) is 5.86. The second-order valence-corrected chi connectivity index (χ2v) is 7.01. The summed E-state index contributed by atoms with van der Waals surface area (Å²) in [6.07, 6.45) is 0. The van der Waals surface area contributed by atoms with Crippen molar-refractivity contribution in [2.75, 3.05) is 0 Å². The zero-order valence-corrected chi connectivity index (χ0v) is 14.9. The molecule has 0 aliphatic rings. The fourth-order valence-electron chi connectivity index (χ4n) is 3.35. The third kappa shape index (κ3) is 2.36. The fourth-order valence-corrected chi connectivity index (χ4v) is 3.97.